The lowest BCUT2D eigenvalue weighted by Gasteiger charge is -2.64. The van der Waals surface area contributed by atoms with Crippen molar-refractivity contribution in [1.82, 2.24) is 0 Å². The van der Waals surface area contributed by atoms with Crippen molar-refractivity contribution in [2.45, 2.75) is 83.3 Å². The van der Waals surface area contributed by atoms with E-state index >= 15 is 0 Å². The van der Waals surface area contributed by atoms with Crippen LogP contribution in [0, 0.1) is 33.5 Å². The third-order valence-corrected chi connectivity index (χ3v) is 10.7. The molecule has 7 heteroatoms. The highest BCUT2D eigenvalue weighted by Crippen LogP contribution is 2.72. The molecule has 0 unspecified atom stereocenters. The highest BCUT2D eigenvalue weighted by atomic mass is 16.5. The van der Waals surface area contributed by atoms with Gasteiger partial charge >= 0.3 is 5.97 Å². The van der Waals surface area contributed by atoms with Gasteiger partial charge in [0, 0.05) is 17.4 Å². The Labute approximate surface area is 219 Å². The summed E-state index contributed by atoms with van der Waals surface area (Å²) in [5, 5.41) is 29.9. The number of rotatable bonds is 7. The molecular weight excluding hydrogens is 468 g/mol. The summed E-state index contributed by atoms with van der Waals surface area (Å²) < 4.78 is 11.6. The van der Waals surface area contributed by atoms with Gasteiger partial charge in [0.15, 0.2) is 0 Å². The molecule has 4 saturated carbocycles. The van der Waals surface area contributed by atoms with Gasteiger partial charge in [0.25, 0.3) is 0 Å². The summed E-state index contributed by atoms with van der Waals surface area (Å²) in [6.07, 6.45) is 6.56. The largest absolute Gasteiger partial charge is 0.493 e. The van der Waals surface area contributed by atoms with Gasteiger partial charge in [-0.1, -0.05) is 19.9 Å². The monoisotopic (exact) mass is 510 g/mol. The molecule has 4 aliphatic carbocycles. The van der Waals surface area contributed by atoms with Crippen LogP contribution in [-0.2, 0) is 9.53 Å². The summed E-state index contributed by atoms with van der Waals surface area (Å²) in [6, 6.07) is 7.07. The maximum absolute atomic E-state index is 13.5. The maximum atomic E-state index is 13.5. The fraction of sp³-hybridized carbons (Fsp3) is 0.667. The Bertz CT molecular complexity index is 1090. The van der Waals surface area contributed by atoms with Gasteiger partial charge in [-0.2, -0.15) is 0 Å². The molecular formula is C30H42N2O5. The Morgan fingerprint density at radius 1 is 1.11 bits per heavy atom. The number of carbonyl (C=O) groups excluding carboxylic acids is 1. The van der Waals surface area contributed by atoms with Gasteiger partial charge < -0.3 is 25.4 Å². The standard InChI is InChI=1S/C30H42N2O5/c1-19-24(33)29-14-10-22-27(2,23(29)11-15-30(19,35)18-29)12-4-13-28(22,3)26(34)37-17-5-16-36-21-8-6-20(7-9-21)25(31)32/h6-9,22-24,33,35H,1,4-5,10-18H2,2-3H3,(H3,31,32)/t22-,23-,24-,27+,28+,29+,30-/m0/s1. The molecule has 0 amide bonds. The van der Waals surface area contributed by atoms with E-state index < -0.39 is 17.1 Å². The fourth-order valence-corrected chi connectivity index (χ4v) is 8.92. The van der Waals surface area contributed by atoms with Gasteiger partial charge in [-0.3, -0.25) is 10.2 Å². The molecule has 5 rings (SSSR count). The number of fused-ring (bicyclic) bond motifs is 3. The second-order valence-electron chi connectivity index (χ2n) is 12.6. The predicted octanol–water partition coefficient (Wildman–Crippen LogP) is 4.34. The van der Waals surface area contributed by atoms with Crippen LogP contribution in [0.1, 0.15) is 77.2 Å². The van der Waals surface area contributed by atoms with E-state index in [0.717, 1.165) is 38.5 Å². The molecule has 0 radical (unpaired) electrons. The minimum absolute atomic E-state index is 0.0220. The van der Waals surface area contributed by atoms with Crippen molar-refractivity contribution in [3.8, 4) is 5.75 Å². The quantitative estimate of drug-likeness (QED) is 0.142. The number of carbonyl (C=O) groups is 1. The summed E-state index contributed by atoms with van der Waals surface area (Å²) in [4.78, 5) is 13.5. The molecule has 7 atom stereocenters. The van der Waals surface area contributed by atoms with Gasteiger partial charge in [-0.15, -0.1) is 0 Å². The van der Waals surface area contributed by atoms with Crippen molar-refractivity contribution in [3.63, 3.8) is 0 Å². The average Bonchev–Trinajstić information content (AvgIpc) is 3.00. The van der Waals surface area contributed by atoms with Crippen LogP contribution in [0.5, 0.6) is 5.75 Å². The number of hydrogen-bond acceptors (Lipinski definition) is 6. The summed E-state index contributed by atoms with van der Waals surface area (Å²) >= 11 is 0. The van der Waals surface area contributed by atoms with E-state index in [4.69, 9.17) is 20.6 Å². The van der Waals surface area contributed by atoms with Crippen LogP contribution >= 0.6 is 0 Å². The van der Waals surface area contributed by atoms with Crippen LogP contribution in [0.25, 0.3) is 0 Å². The van der Waals surface area contributed by atoms with Crippen molar-refractivity contribution in [1.29, 1.82) is 5.41 Å². The zero-order chi connectivity index (χ0) is 26.6. The summed E-state index contributed by atoms with van der Waals surface area (Å²) in [6.45, 7) is 9.26. The zero-order valence-corrected chi connectivity index (χ0v) is 22.2. The van der Waals surface area contributed by atoms with Crippen molar-refractivity contribution in [2.24, 2.45) is 33.8 Å². The number of esters is 1. The van der Waals surface area contributed by atoms with Crippen LogP contribution < -0.4 is 10.5 Å². The SMILES string of the molecule is C=C1[C@H](O)[C@@]23CC[C@H]4[C@@](C)(CCC[C@@]4(C)C(=O)OCCCOc4ccc(C(=N)N)cc4)[C@@H]2CC[C@]1(O)C3. The van der Waals surface area contributed by atoms with E-state index in [9.17, 15) is 15.0 Å². The third-order valence-electron chi connectivity index (χ3n) is 10.7. The smallest absolute Gasteiger partial charge is 0.312 e. The predicted molar refractivity (Wildman–Crippen MR) is 141 cm³/mol. The van der Waals surface area contributed by atoms with Crippen molar-refractivity contribution < 1.29 is 24.5 Å². The van der Waals surface area contributed by atoms with Gasteiger partial charge in [0.1, 0.15) is 11.6 Å². The van der Waals surface area contributed by atoms with Gasteiger partial charge in [0.2, 0.25) is 0 Å². The number of nitrogen functional groups attached to an aromatic ring is 1. The molecule has 0 aromatic heterocycles. The number of benzene rings is 1. The Kier molecular flexibility index (Phi) is 6.47. The van der Waals surface area contributed by atoms with Crippen molar-refractivity contribution >= 4 is 11.8 Å². The lowest BCUT2D eigenvalue weighted by atomic mass is 9.40. The number of amidine groups is 1. The summed E-state index contributed by atoms with van der Waals surface area (Å²) in [5.74, 6) is 1.06. The van der Waals surface area contributed by atoms with E-state index in [-0.39, 0.29) is 34.5 Å². The van der Waals surface area contributed by atoms with Crippen LogP contribution in [0.2, 0.25) is 0 Å². The Morgan fingerprint density at radius 3 is 2.51 bits per heavy atom. The first-order valence-corrected chi connectivity index (χ1v) is 13.8. The molecule has 0 aliphatic heterocycles. The molecule has 4 aliphatic rings. The third kappa shape index (κ3) is 4.00. The van der Waals surface area contributed by atoms with Gasteiger partial charge in [-0.05, 0) is 99.0 Å². The molecule has 0 saturated heterocycles. The first-order chi connectivity index (χ1) is 17.5. The maximum Gasteiger partial charge on any atom is 0.312 e. The molecule has 1 spiro atoms. The van der Waals surface area contributed by atoms with Crippen LogP contribution in [0.4, 0.5) is 0 Å². The number of nitrogens with one attached hydrogen (secondary N) is 1. The molecule has 0 heterocycles. The molecule has 7 nitrogen and oxygen atoms in total. The first kappa shape index (κ1) is 26.2. The zero-order valence-electron chi connectivity index (χ0n) is 22.2. The van der Waals surface area contributed by atoms with Crippen LogP contribution in [-0.4, -0.2) is 46.9 Å². The number of ether oxygens (including phenoxy) is 2. The van der Waals surface area contributed by atoms with E-state index in [1.165, 1.54) is 0 Å². The van der Waals surface area contributed by atoms with E-state index in [1.54, 1.807) is 24.3 Å². The number of aliphatic hydroxyl groups is 2. The van der Waals surface area contributed by atoms with E-state index in [2.05, 4.69) is 20.4 Å². The minimum atomic E-state index is -0.937. The molecule has 5 N–H and O–H groups in total. The normalized spacial score (nSPS) is 40.4. The number of aliphatic hydroxyl groups excluding tert-OH is 1. The lowest BCUT2D eigenvalue weighted by molar-refractivity contribution is -0.199. The Morgan fingerprint density at radius 2 is 1.81 bits per heavy atom. The average molecular weight is 511 g/mol. The summed E-state index contributed by atoms with van der Waals surface area (Å²) in [5.41, 5.74) is 4.86. The van der Waals surface area contributed by atoms with E-state index in [1.807, 2.05) is 0 Å². The summed E-state index contributed by atoms with van der Waals surface area (Å²) in [7, 11) is 0. The van der Waals surface area contributed by atoms with E-state index in [0.29, 0.717) is 49.4 Å². The van der Waals surface area contributed by atoms with Crippen molar-refractivity contribution in [2.75, 3.05) is 13.2 Å². The number of hydrogen-bond donors (Lipinski definition) is 4. The van der Waals surface area contributed by atoms with Gasteiger partial charge in [0.05, 0.1) is 30.3 Å². The molecule has 1 aromatic carbocycles. The molecule has 2 bridgehead atoms. The molecule has 202 valence electrons. The highest BCUT2D eigenvalue weighted by Gasteiger charge is 2.70. The van der Waals surface area contributed by atoms with Gasteiger partial charge in [-0.25, -0.2) is 0 Å². The second kappa shape index (κ2) is 9.12. The van der Waals surface area contributed by atoms with Crippen LogP contribution in [0.15, 0.2) is 36.4 Å². The molecule has 4 fully saturated rings. The Balaban J connectivity index is 1.21. The highest BCUT2D eigenvalue weighted by molar-refractivity contribution is 5.94. The Hall–Kier alpha value is -2.38. The number of nitrogens with two attached hydrogens (primary N) is 1. The fourth-order valence-electron chi connectivity index (χ4n) is 8.92. The first-order valence-electron chi connectivity index (χ1n) is 13.8. The van der Waals surface area contributed by atoms with Crippen LogP contribution in [0.3, 0.4) is 0 Å². The minimum Gasteiger partial charge on any atom is -0.493 e. The van der Waals surface area contributed by atoms with Crippen molar-refractivity contribution in [3.05, 3.63) is 42.0 Å². The second-order valence-corrected chi connectivity index (χ2v) is 12.6. The lowest BCUT2D eigenvalue weighted by Crippen LogP contribution is -2.61. The molecule has 37 heavy (non-hydrogen) atoms. The topological polar surface area (TPSA) is 126 Å². The molecule has 1 aromatic rings.